The summed E-state index contributed by atoms with van der Waals surface area (Å²) in [7, 11) is 0. The molecule has 10 heteroatoms. The smallest absolute Gasteiger partial charge is 0.255 e. The zero-order valence-corrected chi connectivity index (χ0v) is 18.8. The van der Waals surface area contributed by atoms with E-state index in [-0.39, 0.29) is 23.0 Å². The van der Waals surface area contributed by atoms with Gasteiger partial charge in [-0.1, -0.05) is 41.9 Å². The Morgan fingerprint density at radius 1 is 1.13 bits per heavy atom. The van der Waals surface area contributed by atoms with Crippen LogP contribution >= 0.6 is 23.3 Å². The van der Waals surface area contributed by atoms with Crippen LogP contribution in [0.2, 0.25) is 5.02 Å². The Morgan fingerprint density at radius 2 is 1.83 bits per heavy atom. The molecule has 1 heterocycles. The molecule has 0 saturated heterocycles. The molecule has 1 aromatic heterocycles. The van der Waals surface area contributed by atoms with Gasteiger partial charge in [-0.3, -0.25) is 13.3 Å². The fourth-order valence-corrected chi connectivity index (χ4v) is 4.42. The van der Waals surface area contributed by atoms with Crippen molar-refractivity contribution in [3.05, 3.63) is 70.4 Å². The normalized spacial score (nSPS) is 11.9. The van der Waals surface area contributed by atoms with Crippen LogP contribution in [0.3, 0.4) is 0 Å². The third-order valence-electron chi connectivity index (χ3n) is 4.55. The predicted molar refractivity (Wildman–Crippen MR) is 119 cm³/mol. The van der Waals surface area contributed by atoms with Crippen LogP contribution in [-0.2, 0) is 17.7 Å². The Kier molecular flexibility index (Phi) is 7.54. The summed E-state index contributed by atoms with van der Waals surface area (Å²) in [5, 5.41) is 0.310. The molecular formula is C20H20ClN4O3S2-. The van der Waals surface area contributed by atoms with E-state index in [1.54, 1.807) is 11.0 Å². The topological polar surface area (TPSA) is 89.5 Å². The summed E-state index contributed by atoms with van der Waals surface area (Å²) in [6.45, 7) is 4.72. The van der Waals surface area contributed by atoms with Crippen molar-refractivity contribution in [1.82, 2.24) is 13.6 Å². The molecule has 0 radical (unpaired) electrons. The maximum Gasteiger partial charge on any atom is 0.255 e. The number of anilines is 2. The number of carbonyl (C=O) groups excluding carboxylic acids is 1. The first-order valence-corrected chi connectivity index (χ1v) is 11.4. The summed E-state index contributed by atoms with van der Waals surface area (Å²) >= 11 is 4.33. The lowest BCUT2D eigenvalue weighted by atomic mass is 10.1. The van der Waals surface area contributed by atoms with Crippen molar-refractivity contribution in [3.8, 4) is 0 Å². The number of halogens is 1. The van der Waals surface area contributed by atoms with E-state index in [1.165, 1.54) is 12.1 Å². The van der Waals surface area contributed by atoms with Crippen molar-refractivity contribution in [1.29, 1.82) is 0 Å². The summed E-state index contributed by atoms with van der Waals surface area (Å²) in [6.07, 6.45) is 0.403. The highest BCUT2D eigenvalue weighted by Crippen LogP contribution is 2.34. The summed E-state index contributed by atoms with van der Waals surface area (Å²) in [4.78, 5) is 14.6. The molecule has 2 aromatic carbocycles. The van der Waals surface area contributed by atoms with E-state index in [0.717, 1.165) is 21.6 Å². The molecule has 30 heavy (non-hydrogen) atoms. The molecule has 0 N–H and O–H groups in total. The highest BCUT2D eigenvalue weighted by molar-refractivity contribution is 7.81. The monoisotopic (exact) mass is 463 g/mol. The van der Waals surface area contributed by atoms with Crippen molar-refractivity contribution in [3.63, 3.8) is 0 Å². The second-order valence-electron chi connectivity index (χ2n) is 6.35. The fraction of sp³-hybridized carbons (Fsp3) is 0.250. The van der Waals surface area contributed by atoms with E-state index in [4.69, 9.17) is 11.6 Å². The summed E-state index contributed by atoms with van der Waals surface area (Å²) in [5.41, 5.74) is 1.84. The van der Waals surface area contributed by atoms with Gasteiger partial charge < -0.3 is 9.45 Å². The Hall–Kier alpha value is -2.33. The maximum atomic E-state index is 13.0. The Morgan fingerprint density at radius 3 is 2.47 bits per heavy atom. The molecule has 1 unspecified atom stereocenters. The second-order valence-corrected chi connectivity index (χ2v) is 8.11. The zero-order chi connectivity index (χ0) is 21.7. The van der Waals surface area contributed by atoms with Crippen LogP contribution in [-0.4, -0.2) is 41.4 Å². The molecule has 0 bridgehead atoms. The largest absolute Gasteiger partial charge is 0.755 e. The molecule has 1 atom stereocenters. The lowest BCUT2D eigenvalue weighted by Crippen LogP contribution is -2.32. The van der Waals surface area contributed by atoms with Crippen molar-refractivity contribution in [2.75, 3.05) is 17.4 Å². The first-order chi connectivity index (χ1) is 14.5. The van der Waals surface area contributed by atoms with Gasteiger partial charge in [0.05, 0.1) is 34.2 Å². The third-order valence-corrected chi connectivity index (χ3v) is 6.01. The Labute approximate surface area is 187 Å². The van der Waals surface area contributed by atoms with Gasteiger partial charge in [0.25, 0.3) is 5.91 Å². The molecule has 0 aliphatic rings. The van der Waals surface area contributed by atoms with Gasteiger partial charge in [0, 0.05) is 24.5 Å². The van der Waals surface area contributed by atoms with Crippen LogP contribution in [0, 0.1) is 0 Å². The van der Waals surface area contributed by atoms with Crippen molar-refractivity contribution in [2.24, 2.45) is 0 Å². The number of hydrogen-bond donors (Lipinski definition) is 0. The molecule has 1 amide bonds. The van der Waals surface area contributed by atoms with Gasteiger partial charge in [-0.25, -0.2) is 0 Å². The van der Waals surface area contributed by atoms with E-state index < -0.39 is 11.3 Å². The van der Waals surface area contributed by atoms with Gasteiger partial charge in [0.15, 0.2) is 5.82 Å². The van der Waals surface area contributed by atoms with Gasteiger partial charge in [-0.15, -0.1) is 0 Å². The molecule has 0 fully saturated rings. The number of aromatic nitrogens is 2. The minimum absolute atomic E-state index is 0.148. The lowest BCUT2D eigenvalue weighted by Gasteiger charge is -2.28. The van der Waals surface area contributed by atoms with Gasteiger partial charge in [-0.05, 0) is 37.6 Å². The molecular weight excluding hydrogens is 444 g/mol. The predicted octanol–water partition coefficient (Wildman–Crippen LogP) is 4.20. The second kappa shape index (κ2) is 10.1. The van der Waals surface area contributed by atoms with Crippen LogP contribution in [0.5, 0.6) is 0 Å². The molecule has 158 valence electrons. The van der Waals surface area contributed by atoms with Crippen molar-refractivity contribution >= 4 is 52.0 Å². The number of carbonyl (C=O) groups is 1. The van der Waals surface area contributed by atoms with Gasteiger partial charge in [0.1, 0.15) is 5.69 Å². The van der Waals surface area contributed by atoms with E-state index in [9.17, 15) is 13.6 Å². The van der Waals surface area contributed by atoms with E-state index >= 15 is 0 Å². The Balaban J connectivity index is 2.09. The first-order valence-electron chi connectivity index (χ1n) is 9.29. The number of nitrogens with zero attached hydrogens (tertiary/aromatic N) is 4. The zero-order valence-electron chi connectivity index (χ0n) is 16.4. The number of benzene rings is 2. The average molecular weight is 464 g/mol. The van der Waals surface area contributed by atoms with E-state index in [0.29, 0.717) is 30.2 Å². The quantitative estimate of drug-likeness (QED) is 0.467. The first kappa shape index (κ1) is 22.4. The van der Waals surface area contributed by atoms with Crippen LogP contribution < -0.4 is 4.31 Å². The van der Waals surface area contributed by atoms with Gasteiger partial charge in [0.2, 0.25) is 0 Å². The summed E-state index contributed by atoms with van der Waals surface area (Å²) in [5.74, 6) is -0.122. The summed E-state index contributed by atoms with van der Waals surface area (Å²) < 4.78 is 34.1. The Bertz CT molecular complexity index is 1040. The number of hydrogen-bond acceptors (Lipinski definition) is 6. The lowest BCUT2D eigenvalue weighted by molar-refractivity contribution is 0.0774. The minimum Gasteiger partial charge on any atom is -0.755 e. The van der Waals surface area contributed by atoms with E-state index in [2.05, 4.69) is 8.75 Å². The van der Waals surface area contributed by atoms with Crippen LogP contribution in [0.25, 0.3) is 0 Å². The van der Waals surface area contributed by atoms with Gasteiger partial charge >= 0.3 is 0 Å². The highest BCUT2D eigenvalue weighted by Gasteiger charge is 2.26. The van der Waals surface area contributed by atoms with Crippen LogP contribution in [0.1, 0.15) is 35.5 Å². The maximum absolute atomic E-state index is 13.0. The minimum atomic E-state index is -2.75. The highest BCUT2D eigenvalue weighted by atomic mass is 35.5. The van der Waals surface area contributed by atoms with Crippen LogP contribution in [0.15, 0.2) is 48.5 Å². The molecule has 0 spiro atoms. The third kappa shape index (κ3) is 4.86. The average Bonchev–Trinajstić information content (AvgIpc) is 3.17. The van der Waals surface area contributed by atoms with E-state index in [1.807, 2.05) is 44.2 Å². The number of rotatable bonds is 8. The fourth-order valence-electron chi connectivity index (χ4n) is 3.06. The molecule has 0 aliphatic heterocycles. The molecule has 3 rings (SSSR count). The molecule has 0 aliphatic carbocycles. The molecule has 0 saturated carbocycles. The molecule has 7 nitrogen and oxygen atoms in total. The van der Waals surface area contributed by atoms with Crippen molar-refractivity contribution < 1.29 is 13.6 Å². The molecule has 3 aromatic rings. The van der Waals surface area contributed by atoms with Gasteiger partial charge in [-0.2, -0.15) is 8.75 Å². The standard InChI is InChI=1S/C20H21ClN4O3S2/c1-3-24(4-2)20(26)16-11-10-15(21)13-18(16)25(30(27)28)19-17(22-29-23-19)12-14-8-6-5-7-9-14/h5-11,13H,3-4,12H2,1-2H3,(H,27,28)/p-1. The SMILES string of the molecule is CCN(CC)C(=O)c1ccc(Cl)cc1N(c1nsnc1Cc1ccccc1)S(=O)[O-]. The number of amides is 1. The van der Waals surface area contributed by atoms with Crippen LogP contribution in [0.4, 0.5) is 11.5 Å². The van der Waals surface area contributed by atoms with Crippen molar-refractivity contribution in [2.45, 2.75) is 20.3 Å². The summed E-state index contributed by atoms with van der Waals surface area (Å²) in [6, 6.07) is 14.1.